The van der Waals surface area contributed by atoms with Crippen molar-refractivity contribution in [2.45, 2.75) is 53.6 Å². The molecule has 0 aromatic heterocycles. The lowest BCUT2D eigenvalue weighted by atomic mass is 10.2. The molecule has 0 aliphatic carbocycles. The first kappa shape index (κ1) is 21.9. The highest BCUT2D eigenvalue weighted by Gasteiger charge is 2.40. The average molecular weight is 421 g/mol. The molecule has 0 saturated heterocycles. The molecule has 0 bridgehead atoms. The van der Waals surface area contributed by atoms with Gasteiger partial charge in [0.05, 0.1) is 0 Å². The molecule has 0 saturated carbocycles. The zero-order chi connectivity index (χ0) is 21.3. The molecule has 150 valence electrons. The minimum atomic E-state index is -1.52. The quantitative estimate of drug-likeness (QED) is 0.477. The molecular weight excluding hydrogens is 390 g/mol. The minimum Gasteiger partial charge on any atom is -0.0674 e. The fraction of sp³-hybridized carbons (Fsp3) is 0.308. The third-order valence-corrected chi connectivity index (χ3v) is 9.52. The first-order chi connectivity index (χ1) is 13.6. The summed E-state index contributed by atoms with van der Waals surface area (Å²) in [4.78, 5) is 0. The summed E-state index contributed by atoms with van der Waals surface area (Å²) in [6.45, 7) is 14.8. The van der Waals surface area contributed by atoms with Crippen molar-refractivity contribution in [2.75, 3.05) is 0 Å². The van der Waals surface area contributed by atoms with Crippen molar-refractivity contribution < 1.29 is 4.57 Å². The molecule has 1 unspecified atom stereocenters. The van der Waals surface area contributed by atoms with Gasteiger partial charge in [0.1, 0.15) is 0 Å². The Morgan fingerprint density at radius 3 is 1.52 bits per heavy atom. The lowest BCUT2D eigenvalue weighted by molar-refractivity contribution is 0.572. The molecule has 0 fully saturated rings. The standard InChI is InChI=1S/C26H31OP2/c1-18-12-19(2)15-22(14-18)28(23-16-20(3)13-21(4)17-23)24-10-8-9-11-25(24)29(27)26(5,6)7/h8-17H,1-7H3/q+1. The monoisotopic (exact) mass is 421 g/mol. The van der Waals surface area contributed by atoms with Gasteiger partial charge < -0.3 is 0 Å². The van der Waals surface area contributed by atoms with E-state index >= 15 is 0 Å². The summed E-state index contributed by atoms with van der Waals surface area (Å²) >= 11 is 0. The normalized spacial score (nSPS) is 12.3. The summed E-state index contributed by atoms with van der Waals surface area (Å²) < 4.78 is 13.5. The largest absolute Gasteiger partial charge is 0.382 e. The van der Waals surface area contributed by atoms with Crippen LogP contribution in [0.15, 0.2) is 60.7 Å². The summed E-state index contributed by atoms with van der Waals surface area (Å²) in [5.41, 5.74) is 5.09. The number of benzene rings is 3. The Bertz CT molecular complexity index is 969. The van der Waals surface area contributed by atoms with Crippen molar-refractivity contribution in [2.24, 2.45) is 0 Å². The Labute approximate surface area is 178 Å². The number of hydrogen-bond acceptors (Lipinski definition) is 1. The maximum Gasteiger partial charge on any atom is 0.382 e. The molecule has 0 aliphatic rings. The van der Waals surface area contributed by atoms with E-state index in [2.05, 4.69) is 103 Å². The second-order valence-corrected chi connectivity index (χ2v) is 13.6. The zero-order valence-electron chi connectivity index (χ0n) is 18.6. The predicted octanol–water partition coefficient (Wildman–Crippen LogP) is 5.93. The van der Waals surface area contributed by atoms with Crippen molar-refractivity contribution in [1.82, 2.24) is 0 Å². The number of aryl methyl sites for hydroxylation is 4. The van der Waals surface area contributed by atoms with E-state index in [-0.39, 0.29) is 5.16 Å². The van der Waals surface area contributed by atoms with Gasteiger partial charge in [0.2, 0.25) is 0 Å². The third kappa shape index (κ3) is 5.03. The van der Waals surface area contributed by atoms with Gasteiger partial charge >= 0.3 is 7.80 Å². The van der Waals surface area contributed by atoms with Gasteiger partial charge in [-0.1, -0.05) is 75.3 Å². The van der Waals surface area contributed by atoms with Crippen LogP contribution in [0.2, 0.25) is 0 Å². The van der Waals surface area contributed by atoms with Crippen molar-refractivity contribution in [3.05, 3.63) is 82.9 Å². The fourth-order valence-corrected chi connectivity index (χ4v) is 8.30. The Hall–Kier alpha value is -1.81. The van der Waals surface area contributed by atoms with Gasteiger partial charge in [-0.25, -0.2) is 0 Å². The highest BCUT2D eigenvalue weighted by Crippen LogP contribution is 2.41. The molecule has 3 rings (SSSR count). The van der Waals surface area contributed by atoms with Crippen LogP contribution in [0.25, 0.3) is 0 Å². The first-order valence-electron chi connectivity index (χ1n) is 10.1. The molecule has 0 radical (unpaired) electrons. The lowest BCUT2D eigenvalue weighted by Crippen LogP contribution is -2.32. The molecule has 1 atom stereocenters. The van der Waals surface area contributed by atoms with Crippen LogP contribution >= 0.6 is 15.7 Å². The van der Waals surface area contributed by atoms with Crippen LogP contribution in [-0.2, 0) is 4.57 Å². The lowest BCUT2D eigenvalue weighted by Gasteiger charge is -2.22. The molecule has 0 heterocycles. The molecule has 3 aromatic rings. The maximum atomic E-state index is 13.5. The Morgan fingerprint density at radius 1 is 0.690 bits per heavy atom. The van der Waals surface area contributed by atoms with Crippen molar-refractivity contribution in [3.8, 4) is 0 Å². The van der Waals surface area contributed by atoms with Gasteiger partial charge in [0.15, 0.2) is 10.5 Å². The van der Waals surface area contributed by atoms with Crippen molar-refractivity contribution in [3.63, 3.8) is 0 Å². The van der Waals surface area contributed by atoms with E-state index in [0.29, 0.717) is 0 Å². The SMILES string of the molecule is Cc1cc(C)cc(P(c2cc(C)cc(C)c2)c2ccccc2[P+](=O)C(C)(C)C)c1. The summed E-state index contributed by atoms with van der Waals surface area (Å²) in [5.74, 6) is 0. The molecule has 1 nitrogen and oxygen atoms in total. The molecule has 3 heteroatoms. The van der Waals surface area contributed by atoms with E-state index in [1.54, 1.807) is 0 Å². The molecule has 0 aliphatic heterocycles. The Morgan fingerprint density at radius 2 is 1.10 bits per heavy atom. The average Bonchev–Trinajstić information content (AvgIpc) is 2.59. The van der Waals surface area contributed by atoms with Crippen LogP contribution in [0.5, 0.6) is 0 Å². The van der Waals surface area contributed by atoms with Crippen LogP contribution < -0.4 is 21.2 Å². The van der Waals surface area contributed by atoms with Crippen LogP contribution in [-0.4, -0.2) is 5.16 Å². The summed E-state index contributed by atoms with van der Waals surface area (Å²) in [6, 6.07) is 22.0. The van der Waals surface area contributed by atoms with Gasteiger partial charge in [0.25, 0.3) is 0 Å². The van der Waals surface area contributed by atoms with E-state index in [9.17, 15) is 4.57 Å². The van der Waals surface area contributed by atoms with Crippen LogP contribution in [0, 0.1) is 27.7 Å². The zero-order valence-corrected chi connectivity index (χ0v) is 20.4. The third-order valence-electron chi connectivity index (χ3n) is 4.88. The van der Waals surface area contributed by atoms with Gasteiger partial charge in [-0.2, -0.15) is 0 Å². The van der Waals surface area contributed by atoms with Gasteiger partial charge in [-0.05, 0) is 79.1 Å². The van der Waals surface area contributed by atoms with Crippen LogP contribution in [0.4, 0.5) is 0 Å². The smallest absolute Gasteiger partial charge is 0.0674 e. The van der Waals surface area contributed by atoms with Crippen LogP contribution in [0.1, 0.15) is 43.0 Å². The van der Waals surface area contributed by atoms with E-state index in [0.717, 1.165) is 5.30 Å². The first-order valence-corrected chi connectivity index (χ1v) is 12.7. The highest BCUT2D eigenvalue weighted by atomic mass is 31.1. The van der Waals surface area contributed by atoms with E-state index in [4.69, 9.17) is 0 Å². The highest BCUT2D eigenvalue weighted by molar-refractivity contribution is 7.81. The predicted molar refractivity (Wildman–Crippen MR) is 131 cm³/mol. The van der Waals surface area contributed by atoms with E-state index in [1.807, 2.05) is 6.07 Å². The topological polar surface area (TPSA) is 17.1 Å². The molecule has 3 aromatic carbocycles. The summed E-state index contributed by atoms with van der Waals surface area (Å²) in [6.07, 6.45) is 0. The van der Waals surface area contributed by atoms with Gasteiger partial charge in [-0.3, -0.25) is 0 Å². The molecule has 0 spiro atoms. The van der Waals surface area contributed by atoms with Gasteiger partial charge in [0, 0.05) is 5.30 Å². The van der Waals surface area contributed by atoms with E-state index < -0.39 is 15.7 Å². The maximum absolute atomic E-state index is 13.5. The van der Waals surface area contributed by atoms with Gasteiger partial charge in [-0.15, -0.1) is 0 Å². The van der Waals surface area contributed by atoms with Crippen molar-refractivity contribution >= 4 is 36.9 Å². The molecular formula is C26H31OP2+. The molecule has 0 amide bonds. The summed E-state index contributed by atoms with van der Waals surface area (Å²) in [7, 11) is -2.31. The van der Waals surface area contributed by atoms with E-state index in [1.165, 1.54) is 38.2 Å². The molecule has 0 N–H and O–H groups in total. The van der Waals surface area contributed by atoms with Crippen molar-refractivity contribution in [1.29, 1.82) is 0 Å². The molecule has 29 heavy (non-hydrogen) atoms. The Balaban J connectivity index is 2.32. The van der Waals surface area contributed by atoms with Crippen LogP contribution in [0.3, 0.4) is 0 Å². The fourth-order valence-electron chi connectivity index (χ4n) is 3.77. The minimum absolute atomic E-state index is 0.266. The second-order valence-electron chi connectivity index (χ2n) is 8.98. The Kier molecular flexibility index (Phi) is 6.42. The second kappa shape index (κ2) is 8.51. The number of hydrogen-bond donors (Lipinski definition) is 0. The number of rotatable bonds is 4. The summed E-state index contributed by atoms with van der Waals surface area (Å²) in [5, 5.41) is 4.60.